The van der Waals surface area contributed by atoms with Crippen molar-refractivity contribution in [3.63, 3.8) is 0 Å². The number of halogens is 3. The number of hydrogen-bond donors (Lipinski definition) is 2. The van der Waals surface area contributed by atoms with Gasteiger partial charge in [-0.25, -0.2) is 0 Å². The second-order valence-corrected chi connectivity index (χ2v) is 7.45. The molecule has 0 aliphatic heterocycles. The summed E-state index contributed by atoms with van der Waals surface area (Å²) < 4.78 is 43.8. The van der Waals surface area contributed by atoms with Gasteiger partial charge in [0.1, 0.15) is 12.4 Å². The molecule has 2 heterocycles. The van der Waals surface area contributed by atoms with E-state index in [9.17, 15) is 13.2 Å². The van der Waals surface area contributed by atoms with Crippen molar-refractivity contribution >= 4 is 10.9 Å². The number of ether oxygens (including phenoxy) is 1. The van der Waals surface area contributed by atoms with Gasteiger partial charge in [0, 0.05) is 23.2 Å². The zero-order chi connectivity index (χ0) is 22.0. The van der Waals surface area contributed by atoms with E-state index in [4.69, 9.17) is 10.5 Å². The van der Waals surface area contributed by atoms with Crippen LogP contribution in [0.5, 0.6) is 5.75 Å². The summed E-state index contributed by atoms with van der Waals surface area (Å²) in [5.74, 6) is 0.574. The number of aromatic amines is 1. The Balaban J connectivity index is 1.40. The van der Waals surface area contributed by atoms with Crippen molar-refractivity contribution in [2.75, 3.05) is 6.61 Å². The number of aryl methyl sites for hydroxylation is 1. The van der Waals surface area contributed by atoms with Gasteiger partial charge in [-0.05, 0) is 54.8 Å². The van der Waals surface area contributed by atoms with E-state index in [2.05, 4.69) is 15.2 Å². The van der Waals surface area contributed by atoms with Crippen LogP contribution in [0, 0.1) is 6.92 Å². The fourth-order valence-electron chi connectivity index (χ4n) is 3.38. The van der Waals surface area contributed by atoms with Gasteiger partial charge in [0.05, 0.1) is 23.0 Å². The predicted octanol–water partition coefficient (Wildman–Crippen LogP) is 4.90. The van der Waals surface area contributed by atoms with Crippen molar-refractivity contribution in [3.8, 4) is 16.9 Å². The molecular weight excluding hydrogens is 405 g/mol. The minimum Gasteiger partial charge on any atom is -0.490 e. The molecule has 1 atom stereocenters. The van der Waals surface area contributed by atoms with Crippen LogP contribution in [0.4, 0.5) is 13.2 Å². The maximum atomic E-state index is 12.7. The van der Waals surface area contributed by atoms with Crippen LogP contribution in [0.3, 0.4) is 0 Å². The summed E-state index contributed by atoms with van der Waals surface area (Å²) in [6.07, 6.45) is -0.578. The monoisotopic (exact) mass is 426 g/mol. The molecule has 0 radical (unpaired) electrons. The second-order valence-electron chi connectivity index (χ2n) is 7.45. The summed E-state index contributed by atoms with van der Waals surface area (Å²) >= 11 is 0. The Labute approximate surface area is 177 Å². The van der Waals surface area contributed by atoms with Gasteiger partial charge in [0.25, 0.3) is 0 Å². The first-order valence-electron chi connectivity index (χ1n) is 9.74. The number of nitrogens with zero attached hydrogens (tertiary/aromatic N) is 2. The molecule has 160 valence electrons. The number of aromatic nitrogens is 3. The van der Waals surface area contributed by atoms with Crippen LogP contribution in [0.25, 0.3) is 22.0 Å². The SMILES string of the molecule is Cc1n[nH]c2ccc(-c3cncc(OC[C@@H](N)Cc4ccc(C(F)(F)F)cc4)c3)cc12. The Kier molecular flexibility index (Phi) is 5.65. The topological polar surface area (TPSA) is 76.8 Å². The third-order valence-corrected chi connectivity index (χ3v) is 5.04. The highest BCUT2D eigenvalue weighted by atomic mass is 19.4. The first-order valence-corrected chi connectivity index (χ1v) is 9.74. The molecule has 0 saturated heterocycles. The molecule has 0 aliphatic carbocycles. The molecule has 2 aromatic heterocycles. The standard InChI is InChI=1S/C23H21F3N4O/c1-14-21-10-16(4-7-22(21)30-29-14)17-9-20(12-28-11-17)31-13-19(27)8-15-2-5-18(6-3-15)23(24,25)26/h2-7,9-12,19H,8,13,27H2,1H3,(H,29,30)/t19-/m0/s1. The molecule has 0 spiro atoms. The van der Waals surface area contributed by atoms with E-state index in [0.29, 0.717) is 12.2 Å². The van der Waals surface area contributed by atoms with E-state index in [1.807, 2.05) is 31.2 Å². The molecule has 0 amide bonds. The van der Waals surface area contributed by atoms with Gasteiger partial charge in [0.15, 0.2) is 0 Å². The number of fused-ring (bicyclic) bond motifs is 1. The number of pyridine rings is 1. The molecule has 0 aliphatic rings. The lowest BCUT2D eigenvalue weighted by molar-refractivity contribution is -0.137. The third-order valence-electron chi connectivity index (χ3n) is 5.04. The van der Waals surface area contributed by atoms with Crippen LogP contribution in [-0.4, -0.2) is 27.8 Å². The minimum atomic E-state index is -4.34. The minimum absolute atomic E-state index is 0.214. The molecular formula is C23H21F3N4O. The van der Waals surface area contributed by atoms with Gasteiger partial charge >= 0.3 is 6.18 Å². The summed E-state index contributed by atoms with van der Waals surface area (Å²) in [7, 11) is 0. The molecule has 8 heteroatoms. The Bertz CT molecular complexity index is 1190. The predicted molar refractivity (Wildman–Crippen MR) is 113 cm³/mol. The normalized spacial score (nSPS) is 12.8. The number of nitrogens with two attached hydrogens (primary N) is 1. The van der Waals surface area contributed by atoms with E-state index in [-0.39, 0.29) is 12.6 Å². The number of rotatable bonds is 6. The van der Waals surface area contributed by atoms with Crippen molar-refractivity contribution in [1.82, 2.24) is 15.2 Å². The van der Waals surface area contributed by atoms with Crippen molar-refractivity contribution in [3.05, 3.63) is 77.7 Å². The van der Waals surface area contributed by atoms with Crippen molar-refractivity contribution < 1.29 is 17.9 Å². The van der Waals surface area contributed by atoms with Crippen LogP contribution >= 0.6 is 0 Å². The molecule has 0 unspecified atom stereocenters. The molecule has 4 aromatic rings. The number of H-pyrrole nitrogens is 1. The summed E-state index contributed by atoms with van der Waals surface area (Å²) in [5.41, 5.74) is 9.94. The molecule has 31 heavy (non-hydrogen) atoms. The van der Waals surface area contributed by atoms with Crippen molar-refractivity contribution in [1.29, 1.82) is 0 Å². The van der Waals surface area contributed by atoms with Crippen LogP contribution in [0.2, 0.25) is 0 Å². The Morgan fingerprint density at radius 3 is 2.55 bits per heavy atom. The molecule has 4 rings (SSSR count). The maximum absolute atomic E-state index is 12.7. The van der Waals surface area contributed by atoms with Gasteiger partial charge in [-0.2, -0.15) is 18.3 Å². The smallest absolute Gasteiger partial charge is 0.416 e. The quantitative estimate of drug-likeness (QED) is 0.460. The van der Waals surface area contributed by atoms with Gasteiger partial charge in [-0.15, -0.1) is 0 Å². The fourth-order valence-corrected chi connectivity index (χ4v) is 3.38. The highest BCUT2D eigenvalue weighted by Crippen LogP contribution is 2.29. The Morgan fingerprint density at radius 2 is 1.81 bits per heavy atom. The number of hydrogen-bond acceptors (Lipinski definition) is 4. The van der Waals surface area contributed by atoms with Crippen LogP contribution in [0.15, 0.2) is 60.9 Å². The van der Waals surface area contributed by atoms with Gasteiger partial charge in [-0.3, -0.25) is 10.1 Å². The largest absolute Gasteiger partial charge is 0.490 e. The van der Waals surface area contributed by atoms with Crippen LogP contribution in [0.1, 0.15) is 16.8 Å². The lowest BCUT2D eigenvalue weighted by Crippen LogP contribution is -2.30. The Morgan fingerprint density at radius 1 is 1.03 bits per heavy atom. The number of benzene rings is 2. The number of alkyl halides is 3. The molecule has 2 aromatic carbocycles. The van der Waals surface area contributed by atoms with E-state index in [0.717, 1.165) is 45.4 Å². The molecule has 0 bridgehead atoms. The van der Waals surface area contributed by atoms with Crippen molar-refractivity contribution in [2.24, 2.45) is 5.73 Å². The molecule has 0 fully saturated rings. The van der Waals surface area contributed by atoms with Crippen molar-refractivity contribution in [2.45, 2.75) is 25.6 Å². The van der Waals surface area contributed by atoms with Crippen LogP contribution < -0.4 is 10.5 Å². The van der Waals surface area contributed by atoms with Crippen LogP contribution in [-0.2, 0) is 12.6 Å². The first kappa shape index (κ1) is 20.9. The zero-order valence-corrected chi connectivity index (χ0v) is 16.8. The summed E-state index contributed by atoms with van der Waals surface area (Å²) in [6, 6.07) is 12.5. The lowest BCUT2D eigenvalue weighted by atomic mass is 10.0. The Hall–Kier alpha value is -3.39. The molecule has 5 nitrogen and oxygen atoms in total. The molecule has 0 saturated carbocycles. The highest BCUT2D eigenvalue weighted by molar-refractivity contribution is 5.86. The van der Waals surface area contributed by atoms with E-state index in [1.54, 1.807) is 12.4 Å². The van der Waals surface area contributed by atoms with E-state index < -0.39 is 11.7 Å². The summed E-state index contributed by atoms with van der Waals surface area (Å²) in [6.45, 7) is 2.16. The van der Waals surface area contributed by atoms with E-state index >= 15 is 0 Å². The van der Waals surface area contributed by atoms with E-state index in [1.165, 1.54) is 12.1 Å². The lowest BCUT2D eigenvalue weighted by Gasteiger charge is -2.14. The second kappa shape index (κ2) is 8.39. The maximum Gasteiger partial charge on any atom is 0.416 e. The van der Waals surface area contributed by atoms with Gasteiger partial charge in [0.2, 0.25) is 0 Å². The molecule has 3 N–H and O–H groups in total. The highest BCUT2D eigenvalue weighted by Gasteiger charge is 2.29. The third kappa shape index (κ3) is 4.86. The van der Waals surface area contributed by atoms with Gasteiger partial charge in [-0.1, -0.05) is 18.2 Å². The fraction of sp³-hybridized carbons (Fsp3) is 0.217. The zero-order valence-electron chi connectivity index (χ0n) is 16.8. The first-order chi connectivity index (χ1) is 14.8. The van der Waals surface area contributed by atoms with Gasteiger partial charge < -0.3 is 10.5 Å². The summed E-state index contributed by atoms with van der Waals surface area (Å²) in [4.78, 5) is 4.25. The number of nitrogens with one attached hydrogen (secondary N) is 1. The average Bonchev–Trinajstić information content (AvgIpc) is 3.12. The average molecular weight is 426 g/mol. The summed E-state index contributed by atoms with van der Waals surface area (Å²) in [5, 5.41) is 8.24.